The summed E-state index contributed by atoms with van der Waals surface area (Å²) in [7, 11) is 0. The molecule has 1 aromatic heterocycles. The van der Waals surface area contributed by atoms with Crippen LogP contribution >= 0.6 is 11.8 Å². The number of imidazole rings is 1. The van der Waals surface area contributed by atoms with Gasteiger partial charge < -0.3 is 4.57 Å². The highest BCUT2D eigenvalue weighted by atomic mass is 32.2. The first-order chi connectivity index (χ1) is 12.4. The molecule has 3 heteroatoms. The van der Waals surface area contributed by atoms with Gasteiger partial charge in [0.2, 0.25) is 0 Å². The summed E-state index contributed by atoms with van der Waals surface area (Å²) < 4.78 is 2.24. The van der Waals surface area contributed by atoms with E-state index in [-0.39, 0.29) is 0 Å². The van der Waals surface area contributed by atoms with E-state index in [0.717, 1.165) is 17.7 Å². The van der Waals surface area contributed by atoms with Gasteiger partial charge in [-0.1, -0.05) is 64.7 Å². The molecule has 1 aliphatic carbocycles. The van der Waals surface area contributed by atoms with E-state index >= 15 is 0 Å². The molecule has 0 spiro atoms. The minimum atomic E-state index is 0.906. The van der Waals surface area contributed by atoms with Gasteiger partial charge in [0.15, 0.2) is 0 Å². The highest BCUT2D eigenvalue weighted by Crippen LogP contribution is 2.35. The Hall–Kier alpha value is -0.440. The van der Waals surface area contributed by atoms with Crippen LogP contribution in [-0.4, -0.2) is 20.6 Å². The number of aromatic nitrogens is 2. The van der Waals surface area contributed by atoms with Gasteiger partial charge in [-0.15, -0.1) is 0 Å². The van der Waals surface area contributed by atoms with E-state index < -0.39 is 0 Å². The maximum atomic E-state index is 4.16. The molecule has 144 valence electrons. The zero-order valence-electron chi connectivity index (χ0n) is 16.5. The first-order valence-electron chi connectivity index (χ1n) is 11.0. The lowest BCUT2D eigenvalue weighted by Gasteiger charge is -2.30. The van der Waals surface area contributed by atoms with Gasteiger partial charge in [-0.3, -0.25) is 0 Å². The van der Waals surface area contributed by atoms with Crippen molar-refractivity contribution in [2.24, 2.45) is 5.92 Å². The van der Waals surface area contributed by atoms with Gasteiger partial charge in [-0.05, 0) is 43.8 Å². The fraction of sp³-hybridized carbons (Fsp3) is 0.864. The van der Waals surface area contributed by atoms with Crippen LogP contribution in [0.5, 0.6) is 0 Å². The summed E-state index contributed by atoms with van der Waals surface area (Å²) in [5.74, 6) is 2.38. The van der Waals surface area contributed by atoms with E-state index in [1.54, 1.807) is 0 Å². The molecule has 0 radical (unpaired) electrons. The summed E-state index contributed by atoms with van der Waals surface area (Å²) in [4.78, 5) is 4.16. The van der Waals surface area contributed by atoms with Gasteiger partial charge in [-0.25, -0.2) is 4.98 Å². The largest absolute Gasteiger partial charge is 0.337 e. The SMILES string of the molecule is CCCCCCCCCSC(CCCn1ccnc1)C1CCCCC1. The van der Waals surface area contributed by atoms with Crippen LogP contribution in [-0.2, 0) is 6.54 Å². The highest BCUT2D eigenvalue weighted by molar-refractivity contribution is 7.99. The lowest BCUT2D eigenvalue weighted by molar-refractivity contribution is 0.336. The predicted octanol–water partition coefficient (Wildman–Crippen LogP) is 7.10. The van der Waals surface area contributed by atoms with E-state index in [0.29, 0.717) is 0 Å². The summed E-state index contributed by atoms with van der Waals surface area (Å²) in [5, 5.41) is 0.906. The quantitative estimate of drug-likeness (QED) is 0.328. The third-order valence-electron chi connectivity index (χ3n) is 5.72. The van der Waals surface area contributed by atoms with Crippen molar-refractivity contribution in [3.63, 3.8) is 0 Å². The molecule has 0 N–H and O–H groups in total. The molecule has 2 nitrogen and oxygen atoms in total. The van der Waals surface area contributed by atoms with E-state index in [9.17, 15) is 0 Å². The number of hydrogen-bond donors (Lipinski definition) is 0. The Morgan fingerprint density at radius 1 is 1.00 bits per heavy atom. The van der Waals surface area contributed by atoms with Crippen molar-refractivity contribution in [3.8, 4) is 0 Å². The fourth-order valence-electron chi connectivity index (χ4n) is 4.15. The third-order valence-corrected chi connectivity index (χ3v) is 7.29. The molecule has 1 unspecified atom stereocenters. The van der Waals surface area contributed by atoms with Crippen LogP contribution in [0.15, 0.2) is 18.7 Å². The van der Waals surface area contributed by atoms with Gasteiger partial charge in [-0.2, -0.15) is 11.8 Å². The molecule has 25 heavy (non-hydrogen) atoms. The van der Waals surface area contributed by atoms with Crippen LogP contribution in [0.25, 0.3) is 0 Å². The van der Waals surface area contributed by atoms with E-state index in [1.165, 1.54) is 95.6 Å². The second-order valence-electron chi connectivity index (χ2n) is 7.87. The van der Waals surface area contributed by atoms with E-state index in [1.807, 2.05) is 12.5 Å². The highest BCUT2D eigenvalue weighted by Gasteiger charge is 2.23. The van der Waals surface area contributed by atoms with E-state index in [4.69, 9.17) is 0 Å². The smallest absolute Gasteiger partial charge is 0.0945 e. The molecule has 0 amide bonds. The number of hydrogen-bond acceptors (Lipinski definition) is 2. The maximum Gasteiger partial charge on any atom is 0.0945 e. The zero-order valence-corrected chi connectivity index (χ0v) is 17.3. The van der Waals surface area contributed by atoms with Gasteiger partial charge in [0.25, 0.3) is 0 Å². The molecule has 0 aromatic carbocycles. The van der Waals surface area contributed by atoms with Crippen LogP contribution in [0.2, 0.25) is 0 Å². The number of unbranched alkanes of at least 4 members (excludes halogenated alkanes) is 6. The monoisotopic (exact) mass is 364 g/mol. The molecule has 1 saturated carbocycles. The zero-order chi connectivity index (χ0) is 17.6. The molecule has 1 atom stereocenters. The number of nitrogens with zero attached hydrogens (tertiary/aromatic N) is 2. The number of rotatable bonds is 14. The van der Waals surface area contributed by atoms with Crippen molar-refractivity contribution in [3.05, 3.63) is 18.7 Å². The second kappa shape index (κ2) is 13.7. The van der Waals surface area contributed by atoms with Crippen LogP contribution in [0.3, 0.4) is 0 Å². The molecule has 0 saturated heterocycles. The molecule has 2 rings (SSSR count). The average Bonchev–Trinajstić information content (AvgIpc) is 3.16. The Morgan fingerprint density at radius 2 is 1.76 bits per heavy atom. The molecule has 1 aromatic rings. The Bertz CT molecular complexity index is 398. The number of thioether (sulfide) groups is 1. The minimum absolute atomic E-state index is 0.906. The predicted molar refractivity (Wildman–Crippen MR) is 112 cm³/mol. The molecule has 1 aliphatic rings. The summed E-state index contributed by atoms with van der Waals surface area (Å²) in [6.45, 7) is 3.44. The van der Waals surface area contributed by atoms with Gasteiger partial charge in [0.05, 0.1) is 6.33 Å². The van der Waals surface area contributed by atoms with Crippen LogP contribution in [0.4, 0.5) is 0 Å². The first-order valence-corrected chi connectivity index (χ1v) is 12.0. The van der Waals surface area contributed by atoms with Crippen molar-refractivity contribution < 1.29 is 0 Å². The Kier molecular flexibility index (Phi) is 11.5. The van der Waals surface area contributed by atoms with Crippen LogP contribution in [0, 0.1) is 5.92 Å². The van der Waals surface area contributed by atoms with Crippen LogP contribution < -0.4 is 0 Å². The maximum absolute atomic E-state index is 4.16. The standard InChI is InChI=1S/C22H40N2S/c1-2-3-4-5-6-7-11-19-25-22(21-13-9-8-10-14-21)15-12-17-24-18-16-23-20-24/h16,18,20-22H,2-15,17,19H2,1H3. The fourth-order valence-corrected chi connectivity index (χ4v) is 5.70. The lowest BCUT2D eigenvalue weighted by Crippen LogP contribution is -2.21. The molecular formula is C22H40N2S. The average molecular weight is 365 g/mol. The van der Waals surface area contributed by atoms with Gasteiger partial charge in [0.1, 0.15) is 0 Å². The topological polar surface area (TPSA) is 17.8 Å². The van der Waals surface area contributed by atoms with Gasteiger partial charge in [0, 0.05) is 24.2 Å². The summed E-state index contributed by atoms with van der Waals surface area (Å²) in [6, 6.07) is 0. The Labute approximate surface area is 160 Å². The van der Waals surface area contributed by atoms with Crippen molar-refractivity contribution in [1.82, 2.24) is 9.55 Å². The minimum Gasteiger partial charge on any atom is -0.337 e. The molecule has 1 fully saturated rings. The summed E-state index contributed by atoms with van der Waals surface area (Å²) in [5.41, 5.74) is 0. The van der Waals surface area contributed by atoms with Crippen molar-refractivity contribution in [2.75, 3.05) is 5.75 Å². The van der Waals surface area contributed by atoms with Crippen molar-refractivity contribution in [1.29, 1.82) is 0 Å². The van der Waals surface area contributed by atoms with Gasteiger partial charge >= 0.3 is 0 Å². The third kappa shape index (κ3) is 9.17. The number of aryl methyl sites for hydroxylation is 1. The second-order valence-corrected chi connectivity index (χ2v) is 9.22. The molecule has 1 heterocycles. The molecule has 0 aliphatic heterocycles. The Balaban J connectivity index is 1.61. The Morgan fingerprint density at radius 3 is 2.48 bits per heavy atom. The normalized spacial score (nSPS) is 17.0. The van der Waals surface area contributed by atoms with Crippen LogP contribution in [0.1, 0.15) is 96.8 Å². The lowest BCUT2D eigenvalue weighted by atomic mass is 9.85. The van der Waals surface area contributed by atoms with Crippen molar-refractivity contribution in [2.45, 2.75) is 109 Å². The molecular weight excluding hydrogens is 324 g/mol. The van der Waals surface area contributed by atoms with Crippen molar-refractivity contribution >= 4 is 11.8 Å². The van der Waals surface area contributed by atoms with E-state index in [2.05, 4.69) is 34.4 Å². The first kappa shape index (κ1) is 20.9. The summed E-state index contributed by atoms with van der Waals surface area (Å²) >= 11 is 2.31. The molecule has 0 bridgehead atoms. The summed E-state index contributed by atoms with van der Waals surface area (Å²) in [6.07, 6.45) is 26.1.